The van der Waals surface area contributed by atoms with Gasteiger partial charge in [0.15, 0.2) is 18.1 Å². The SMILES string of the molecule is COc1ccc(/C=C/C(=O)NNC(=O)COc2ccccc2-c2ccccc2)cc1OC. The molecule has 0 spiro atoms. The van der Waals surface area contributed by atoms with E-state index in [2.05, 4.69) is 10.9 Å². The van der Waals surface area contributed by atoms with Crippen LogP contribution < -0.4 is 25.1 Å². The molecule has 0 atom stereocenters. The van der Waals surface area contributed by atoms with Crippen LogP contribution in [0.3, 0.4) is 0 Å². The van der Waals surface area contributed by atoms with E-state index in [0.29, 0.717) is 17.2 Å². The minimum Gasteiger partial charge on any atom is -0.493 e. The average Bonchev–Trinajstić information content (AvgIpc) is 2.85. The molecule has 0 saturated carbocycles. The van der Waals surface area contributed by atoms with Gasteiger partial charge in [-0.3, -0.25) is 20.4 Å². The fourth-order valence-electron chi connectivity index (χ4n) is 2.93. The highest BCUT2D eigenvalue weighted by molar-refractivity contribution is 5.93. The van der Waals surface area contributed by atoms with Gasteiger partial charge >= 0.3 is 0 Å². The van der Waals surface area contributed by atoms with E-state index >= 15 is 0 Å². The Labute approximate surface area is 186 Å². The zero-order valence-electron chi connectivity index (χ0n) is 17.8. The number of carbonyl (C=O) groups is 2. The van der Waals surface area contributed by atoms with Crippen molar-refractivity contribution in [2.75, 3.05) is 20.8 Å². The van der Waals surface area contributed by atoms with Crippen molar-refractivity contribution in [1.82, 2.24) is 10.9 Å². The highest BCUT2D eigenvalue weighted by Gasteiger charge is 2.09. The molecule has 3 aromatic carbocycles. The Hall–Kier alpha value is -4.26. The van der Waals surface area contributed by atoms with E-state index in [-0.39, 0.29) is 6.61 Å². The second-order valence-corrected chi connectivity index (χ2v) is 6.64. The quantitative estimate of drug-likeness (QED) is 0.420. The number of benzene rings is 3. The van der Waals surface area contributed by atoms with Crippen LogP contribution in [0.1, 0.15) is 5.56 Å². The van der Waals surface area contributed by atoms with Crippen LogP contribution in [-0.4, -0.2) is 32.6 Å². The van der Waals surface area contributed by atoms with Crippen molar-refractivity contribution in [2.24, 2.45) is 0 Å². The summed E-state index contributed by atoms with van der Waals surface area (Å²) in [5.74, 6) is 0.749. The smallest absolute Gasteiger partial charge is 0.276 e. The molecule has 164 valence electrons. The number of methoxy groups -OCH3 is 2. The highest BCUT2D eigenvalue weighted by Crippen LogP contribution is 2.29. The Morgan fingerprint density at radius 3 is 2.28 bits per heavy atom. The fraction of sp³-hybridized carbons (Fsp3) is 0.120. The second-order valence-electron chi connectivity index (χ2n) is 6.64. The first kappa shape index (κ1) is 22.4. The third-order valence-corrected chi connectivity index (χ3v) is 4.49. The van der Waals surface area contributed by atoms with Crippen LogP contribution in [0.2, 0.25) is 0 Å². The lowest BCUT2D eigenvalue weighted by molar-refractivity contribution is -0.128. The topological polar surface area (TPSA) is 85.9 Å². The summed E-state index contributed by atoms with van der Waals surface area (Å²) in [5, 5.41) is 0. The van der Waals surface area contributed by atoms with Gasteiger partial charge in [-0.25, -0.2) is 0 Å². The molecule has 7 nitrogen and oxygen atoms in total. The van der Waals surface area contributed by atoms with Crippen LogP contribution >= 0.6 is 0 Å². The van der Waals surface area contributed by atoms with Crippen molar-refractivity contribution < 1.29 is 23.8 Å². The molecule has 0 radical (unpaired) electrons. The first-order valence-electron chi connectivity index (χ1n) is 9.87. The minimum absolute atomic E-state index is 0.247. The molecule has 0 bridgehead atoms. The van der Waals surface area contributed by atoms with Gasteiger partial charge in [-0.05, 0) is 35.4 Å². The Morgan fingerprint density at radius 1 is 0.812 bits per heavy atom. The summed E-state index contributed by atoms with van der Waals surface area (Å²) in [5.41, 5.74) is 7.26. The van der Waals surface area contributed by atoms with Crippen LogP contribution in [0.4, 0.5) is 0 Å². The molecule has 7 heteroatoms. The maximum absolute atomic E-state index is 12.1. The van der Waals surface area contributed by atoms with Crippen molar-refractivity contribution in [1.29, 1.82) is 0 Å². The van der Waals surface area contributed by atoms with E-state index in [9.17, 15) is 9.59 Å². The number of ether oxygens (including phenoxy) is 3. The third kappa shape index (κ3) is 6.12. The van der Waals surface area contributed by atoms with Gasteiger partial charge in [-0.15, -0.1) is 0 Å². The molecule has 32 heavy (non-hydrogen) atoms. The Morgan fingerprint density at radius 2 is 1.53 bits per heavy atom. The van der Waals surface area contributed by atoms with Crippen LogP contribution in [0.5, 0.6) is 17.2 Å². The molecule has 0 unspecified atom stereocenters. The fourth-order valence-corrected chi connectivity index (χ4v) is 2.93. The van der Waals surface area contributed by atoms with Crippen molar-refractivity contribution in [2.45, 2.75) is 0 Å². The number of hydrogen-bond acceptors (Lipinski definition) is 5. The maximum atomic E-state index is 12.1. The molecule has 0 heterocycles. The lowest BCUT2D eigenvalue weighted by atomic mass is 10.1. The molecule has 0 aromatic heterocycles. The largest absolute Gasteiger partial charge is 0.493 e. The lowest BCUT2D eigenvalue weighted by Gasteiger charge is -2.12. The van der Waals surface area contributed by atoms with Gasteiger partial charge in [0, 0.05) is 11.6 Å². The summed E-state index contributed by atoms with van der Waals surface area (Å²) in [6, 6.07) is 22.4. The van der Waals surface area contributed by atoms with Crippen molar-refractivity contribution in [3.8, 4) is 28.4 Å². The molecular formula is C25H24N2O5. The zero-order valence-corrected chi connectivity index (χ0v) is 17.8. The van der Waals surface area contributed by atoms with Gasteiger partial charge < -0.3 is 14.2 Å². The van der Waals surface area contributed by atoms with Crippen LogP contribution in [0.15, 0.2) is 78.9 Å². The molecule has 3 rings (SSSR count). The summed E-state index contributed by atoms with van der Waals surface area (Å²) in [6.45, 7) is -0.247. The monoisotopic (exact) mass is 432 g/mol. The summed E-state index contributed by atoms with van der Waals surface area (Å²) >= 11 is 0. The number of rotatable bonds is 8. The minimum atomic E-state index is -0.488. The number of hydrogen-bond donors (Lipinski definition) is 2. The summed E-state index contributed by atoms with van der Waals surface area (Å²) < 4.78 is 16.1. The first-order valence-corrected chi connectivity index (χ1v) is 9.87. The van der Waals surface area contributed by atoms with Gasteiger partial charge in [-0.2, -0.15) is 0 Å². The van der Waals surface area contributed by atoms with Gasteiger partial charge in [0.2, 0.25) is 0 Å². The number of carbonyl (C=O) groups excluding carboxylic acids is 2. The van der Waals surface area contributed by atoms with E-state index in [4.69, 9.17) is 14.2 Å². The number of nitrogens with one attached hydrogen (secondary N) is 2. The standard InChI is InChI=1S/C25H24N2O5/c1-30-22-14-12-18(16-23(22)31-2)13-15-24(28)26-27-25(29)17-32-21-11-7-6-10-20(21)19-8-4-3-5-9-19/h3-16H,17H2,1-2H3,(H,26,28)(H,27,29)/b15-13+. The van der Waals surface area contributed by atoms with E-state index in [1.807, 2.05) is 48.5 Å². The van der Waals surface area contributed by atoms with E-state index in [0.717, 1.165) is 16.7 Å². The molecule has 3 aromatic rings. The van der Waals surface area contributed by atoms with Crippen molar-refractivity contribution in [3.63, 3.8) is 0 Å². The summed E-state index contributed by atoms with van der Waals surface area (Å²) in [4.78, 5) is 24.1. The van der Waals surface area contributed by atoms with Crippen LogP contribution in [0, 0.1) is 0 Å². The van der Waals surface area contributed by atoms with Crippen molar-refractivity contribution in [3.05, 3.63) is 84.4 Å². The van der Waals surface area contributed by atoms with E-state index in [1.165, 1.54) is 13.2 Å². The van der Waals surface area contributed by atoms with Gasteiger partial charge in [0.05, 0.1) is 14.2 Å². The molecule has 2 N–H and O–H groups in total. The molecule has 0 aliphatic rings. The van der Waals surface area contributed by atoms with Gasteiger partial charge in [0.25, 0.3) is 11.8 Å². The maximum Gasteiger partial charge on any atom is 0.276 e. The molecule has 2 amide bonds. The molecular weight excluding hydrogens is 408 g/mol. The summed E-state index contributed by atoms with van der Waals surface area (Å²) in [7, 11) is 3.08. The van der Waals surface area contributed by atoms with Crippen LogP contribution in [-0.2, 0) is 9.59 Å². The second kappa shape index (κ2) is 11.2. The lowest BCUT2D eigenvalue weighted by Crippen LogP contribution is -2.43. The first-order chi connectivity index (χ1) is 15.6. The number of amides is 2. The molecule has 0 aliphatic carbocycles. The predicted molar refractivity (Wildman–Crippen MR) is 122 cm³/mol. The van der Waals surface area contributed by atoms with E-state index in [1.54, 1.807) is 37.5 Å². The molecule has 0 fully saturated rings. The summed E-state index contributed by atoms with van der Waals surface area (Å²) in [6.07, 6.45) is 2.89. The predicted octanol–water partition coefficient (Wildman–Crippen LogP) is 3.61. The normalized spacial score (nSPS) is 10.4. The highest BCUT2D eigenvalue weighted by atomic mass is 16.5. The van der Waals surface area contributed by atoms with E-state index < -0.39 is 11.8 Å². The number of hydrazine groups is 1. The Balaban J connectivity index is 1.51. The van der Waals surface area contributed by atoms with Gasteiger partial charge in [-0.1, -0.05) is 54.6 Å². The zero-order chi connectivity index (χ0) is 22.8. The van der Waals surface area contributed by atoms with Gasteiger partial charge in [0.1, 0.15) is 5.75 Å². The Kier molecular flexibility index (Phi) is 7.86. The van der Waals surface area contributed by atoms with Crippen molar-refractivity contribution >= 4 is 17.9 Å². The molecule has 0 aliphatic heterocycles. The number of para-hydroxylation sites is 1. The molecule has 0 saturated heterocycles. The average molecular weight is 432 g/mol. The third-order valence-electron chi connectivity index (χ3n) is 4.49. The Bertz CT molecular complexity index is 1100. The van der Waals surface area contributed by atoms with Crippen LogP contribution in [0.25, 0.3) is 17.2 Å².